The van der Waals surface area contributed by atoms with Crippen LogP contribution in [0.2, 0.25) is 0 Å². The quantitative estimate of drug-likeness (QED) is 0.901. The summed E-state index contributed by atoms with van der Waals surface area (Å²) < 4.78 is 2.11. The molecular formula is C15H24N4. The molecule has 5 rings (SSSR count). The normalized spacial score (nSPS) is 41.6. The second-order valence-corrected chi connectivity index (χ2v) is 7.01. The van der Waals surface area contributed by atoms with Crippen LogP contribution in [0.3, 0.4) is 0 Å². The molecule has 1 heterocycles. The van der Waals surface area contributed by atoms with Crippen LogP contribution < -0.4 is 5.32 Å². The van der Waals surface area contributed by atoms with Gasteiger partial charge in [0.05, 0.1) is 6.04 Å². The van der Waals surface area contributed by atoms with E-state index in [1.807, 2.05) is 6.33 Å². The van der Waals surface area contributed by atoms with Crippen LogP contribution in [0.4, 0.5) is 0 Å². The highest BCUT2D eigenvalue weighted by atomic mass is 15.3. The highest BCUT2D eigenvalue weighted by Crippen LogP contribution is 2.58. The van der Waals surface area contributed by atoms with Crippen LogP contribution in [0, 0.1) is 29.6 Å². The first kappa shape index (κ1) is 11.9. The van der Waals surface area contributed by atoms with Gasteiger partial charge in [-0.25, -0.2) is 9.67 Å². The van der Waals surface area contributed by atoms with Crippen molar-refractivity contribution in [3.05, 3.63) is 12.7 Å². The zero-order valence-corrected chi connectivity index (χ0v) is 11.7. The first-order valence-corrected chi connectivity index (χ1v) is 7.84. The first-order chi connectivity index (χ1) is 9.35. The minimum absolute atomic E-state index is 0.502. The van der Waals surface area contributed by atoms with Crippen LogP contribution in [-0.2, 0) is 0 Å². The van der Waals surface area contributed by atoms with Gasteiger partial charge in [-0.05, 0) is 68.7 Å². The monoisotopic (exact) mass is 260 g/mol. The molecule has 4 heteroatoms. The number of nitrogens with one attached hydrogen (secondary N) is 1. The second kappa shape index (κ2) is 4.58. The molecule has 0 saturated heterocycles. The predicted octanol–water partition coefficient (Wildman–Crippen LogP) is 2.11. The minimum Gasteiger partial charge on any atom is -0.318 e. The van der Waals surface area contributed by atoms with Crippen LogP contribution in [0.15, 0.2) is 12.7 Å². The Balaban J connectivity index is 1.62. The molecule has 19 heavy (non-hydrogen) atoms. The molecule has 1 N–H and O–H groups in total. The van der Waals surface area contributed by atoms with E-state index < -0.39 is 0 Å². The lowest BCUT2D eigenvalue weighted by molar-refractivity contribution is -0.0597. The van der Waals surface area contributed by atoms with Gasteiger partial charge in [-0.1, -0.05) is 0 Å². The van der Waals surface area contributed by atoms with Gasteiger partial charge in [0.1, 0.15) is 12.7 Å². The molecule has 4 fully saturated rings. The Morgan fingerprint density at radius 3 is 2.37 bits per heavy atom. The number of aromatic nitrogens is 3. The van der Waals surface area contributed by atoms with E-state index in [1.165, 1.54) is 32.1 Å². The molecule has 4 aliphatic carbocycles. The fourth-order valence-electron chi connectivity index (χ4n) is 5.60. The molecule has 1 atom stereocenters. The van der Waals surface area contributed by atoms with Crippen LogP contribution in [0.1, 0.15) is 38.1 Å². The molecule has 1 unspecified atom stereocenters. The van der Waals surface area contributed by atoms with Gasteiger partial charge in [0.25, 0.3) is 0 Å². The maximum Gasteiger partial charge on any atom is 0.137 e. The third-order valence-corrected chi connectivity index (χ3v) is 5.93. The van der Waals surface area contributed by atoms with E-state index in [-0.39, 0.29) is 0 Å². The predicted molar refractivity (Wildman–Crippen MR) is 73.5 cm³/mol. The standard InChI is InChI=1S/C15H24N4/c1-16-7-14(19-9-17-8-18-19)15-12-3-10-2-11(5-12)6-13(15)4-10/h8-16H,2-7H2,1H3. The molecule has 4 nitrogen and oxygen atoms in total. The minimum atomic E-state index is 0.502. The van der Waals surface area contributed by atoms with Gasteiger partial charge in [0.15, 0.2) is 0 Å². The maximum atomic E-state index is 4.43. The summed E-state index contributed by atoms with van der Waals surface area (Å²) in [6.07, 6.45) is 11.0. The summed E-state index contributed by atoms with van der Waals surface area (Å²) >= 11 is 0. The van der Waals surface area contributed by atoms with Crippen LogP contribution >= 0.6 is 0 Å². The van der Waals surface area contributed by atoms with Crippen molar-refractivity contribution in [3.8, 4) is 0 Å². The maximum absolute atomic E-state index is 4.43. The zero-order chi connectivity index (χ0) is 12.8. The molecule has 0 aromatic carbocycles. The highest BCUT2D eigenvalue weighted by molar-refractivity contribution is 5.01. The molecule has 1 aromatic heterocycles. The summed E-state index contributed by atoms with van der Waals surface area (Å²) in [5.74, 6) is 4.80. The van der Waals surface area contributed by atoms with E-state index in [4.69, 9.17) is 0 Å². The Morgan fingerprint density at radius 2 is 1.84 bits per heavy atom. The van der Waals surface area contributed by atoms with Gasteiger partial charge in [-0.2, -0.15) is 5.10 Å². The van der Waals surface area contributed by atoms with E-state index in [0.29, 0.717) is 6.04 Å². The molecule has 0 spiro atoms. The van der Waals surface area contributed by atoms with E-state index in [0.717, 1.165) is 36.1 Å². The Morgan fingerprint density at radius 1 is 1.16 bits per heavy atom. The lowest BCUT2D eigenvalue weighted by Gasteiger charge is -2.56. The number of likely N-dealkylation sites (N-methyl/N-ethyl adjacent to an activating group) is 1. The summed E-state index contributed by atoms with van der Waals surface area (Å²) in [6, 6.07) is 0.502. The number of rotatable bonds is 4. The molecule has 4 bridgehead atoms. The van der Waals surface area contributed by atoms with Crippen molar-refractivity contribution in [2.75, 3.05) is 13.6 Å². The van der Waals surface area contributed by atoms with Crippen molar-refractivity contribution in [1.82, 2.24) is 20.1 Å². The molecule has 4 aliphatic rings. The lowest BCUT2D eigenvalue weighted by atomic mass is 9.50. The molecule has 0 amide bonds. The van der Waals surface area contributed by atoms with Gasteiger partial charge >= 0.3 is 0 Å². The van der Waals surface area contributed by atoms with Crippen molar-refractivity contribution in [1.29, 1.82) is 0 Å². The second-order valence-electron chi connectivity index (χ2n) is 7.01. The Kier molecular flexibility index (Phi) is 2.87. The lowest BCUT2D eigenvalue weighted by Crippen LogP contribution is -2.49. The van der Waals surface area contributed by atoms with Crippen LogP contribution in [0.5, 0.6) is 0 Å². The van der Waals surface area contributed by atoms with E-state index in [1.54, 1.807) is 6.33 Å². The summed E-state index contributed by atoms with van der Waals surface area (Å²) in [7, 11) is 2.06. The van der Waals surface area contributed by atoms with Gasteiger partial charge in [-0.3, -0.25) is 0 Å². The third-order valence-electron chi connectivity index (χ3n) is 5.93. The van der Waals surface area contributed by atoms with E-state index in [9.17, 15) is 0 Å². The summed E-state index contributed by atoms with van der Waals surface area (Å²) in [5.41, 5.74) is 0. The fraction of sp³-hybridized carbons (Fsp3) is 0.867. The van der Waals surface area contributed by atoms with Crippen molar-refractivity contribution in [2.45, 2.75) is 38.1 Å². The third kappa shape index (κ3) is 1.92. The molecule has 1 aromatic rings. The molecule has 104 valence electrons. The largest absolute Gasteiger partial charge is 0.318 e. The topological polar surface area (TPSA) is 42.7 Å². The summed E-state index contributed by atoms with van der Waals surface area (Å²) in [6.45, 7) is 1.02. The highest BCUT2D eigenvalue weighted by Gasteiger charge is 2.50. The molecule has 0 aliphatic heterocycles. The van der Waals surface area contributed by atoms with Crippen molar-refractivity contribution in [3.63, 3.8) is 0 Å². The smallest absolute Gasteiger partial charge is 0.137 e. The van der Waals surface area contributed by atoms with Gasteiger partial charge in [-0.15, -0.1) is 0 Å². The van der Waals surface area contributed by atoms with Gasteiger partial charge in [0.2, 0.25) is 0 Å². The van der Waals surface area contributed by atoms with Crippen molar-refractivity contribution >= 4 is 0 Å². The van der Waals surface area contributed by atoms with Gasteiger partial charge < -0.3 is 5.32 Å². The first-order valence-electron chi connectivity index (χ1n) is 7.84. The van der Waals surface area contributed by atoms with Crippen molar-refractivity contribution < 1.29 is 0 Å². The number of hydrogen-bond donors (Lipinski definition) is 1. The molecule has 4 saturated carbocycles. The Labute approximate surface area is 115 Å². The number of hydrogen-bond acceptors (Lipinski definition) is 3. The molecular weight excluding hydrogens is 236 g/mol. The van der Waals surface area contributed by atoms with Crippen LogP contribution in [-0.4, -0.2) is 28.4 Å². The van der Waals surface area contributed by atoms with Gasteiger partial charge in [0, 0.05) is 6.54 Å². The molecule has 0 radical (unpaired) electrons. The van der Waals surface area contributed by atoms with E-state index >= 15 is 0 Å². The fourth-order valence-corrected chi connectivity index (χ4v) is 5.60. The SMILES string of the molecule is CNCC(C1C2CC3CC(C2)CC1C3)n1cncn1. The Hall–Kier alpha value is -0.900. The van der Waals surface area contributed by atoms with E-state index in [2.05, 4.69) is 27.1 Å². The number of nitrogens with zero attached hydrogens (tertiary/aromatic N) is 3. The summed E-state index contributed by atoms with van der Waals surface area (Å²) in [4.78, 5) is 4.16. The van der Waals surface area contributed by atoms with Crippen LogP contribution in [0.25, 0.3) is 0 Å². The zero-order valence-electron chi connectivity index (χ0n) is 11.7. The average Bonchev–Trinajstić information content (AvgIpc) is 2.89. The van der Waals surface area contributed by atoms with Crippen molar-refractivity contribution in [2.24, 2.45) is 29.6 Å². The average molecular weight is 260 g/mol. The Bertz CT molecular complexity index is 399. The summed E-state index contributed by atoms with van der Waals surface area (Å²) in [5, 5.41) is 7.81.